The van der Waals surface area contributed by atoms with Crippen LogP contribution < -0.4 is 10.7 Å². The largest absolute Gasteiger partial charge is 0.468 e. The van der Waals surface area contributed by atoms with Gasteiger partial charge < -0.3 is 14.6 Å². The highest BCUT2D eigenvalue weighted by Gasteiger charge is 2.17. The lowest BCUT2D eigenvalue weighted by Gasteiger charge is -2.14. The fraction of sp³-hybridized carbons (Fsp3) is 0.190. The van der Waals surface area contributed by atoms with Crippen molar-refractivity contribution in [2.24, 2.45) is 0 Å². The van der Waals surface area contributed by atoms with Gasteiger partial charge in [-0.3, -0.25) is 14.4 Å². The second-order valence-electron chi connectivity index (χ2n) is 6.27. The number of aromatic nitrogens is 1. The molecule has 0 bridgehead atoms. The molecule has 0 aliphatic heterocycles. The summed E-state index contributed by atoms with van der Waals surface area (Å²) >= 11 is 5.04. The van der Waals surface area contributed by atoms with E-state index in [1.165, 1.54) is 13.3 Å². The monoisotopic (exact) mass is 474 g/mol. The molecule has 1 amide bonds. The quantitative estimate of drug-likeness (QED) is 0.437. The third-order valence-corrected chi connectivity index (χ3v) is 5.66. The van der Waals surface area contributed by atoms with Crippen LogP contribution in [0.3, 0.4) is 0 Å². The number of rotatable bonds is 6. The van der Waals surface area contributed by atoms with Crippen LogP contribution in [0.4, 0.5) is 0 Å². The molecule has 0 saturated carbocycles. The summed E-state index contributed by atoms with van der Waals surface area (Å²) in [6.45, 7) is 0.186. The smallest absolute Gasteiger partial charge is 0.325 e. The standard InChI is InChI=1S/C21H19BrN2O4S/c1-28-19(25)10-23-21(27)17-12-24(11-13-3-6-15(29-2)7-4-13)18-8-5-14(22)9-16(18)20(17)26/h3-9,12H,10-11H2,1-2H3,(H,23,27). The van der Waals surface area contributed by atoms with Crippen LogP contribution in [0.2, 0.25) is 0 Å². The summed E-state index contributed by atoms with van der Waals surface area (Å²) in [5.41, 5.74) is 1.34. The third-order valence-electron chi connectivity index (χ3n) is 4.42. The molecular formula is C21H19BrN2O4S. The van der Waals surface area contributed by atoms with Crippen molar-refractivity contribution in [3.8, 4) is 0 Å². The lowest BCUT2D eigenvalue weighted by molar-refractivity contribution is -0.139. The van der Waals surface area contributed by atoms with Gasteiger partial charge in [-0.25, -0.2) is 0 Å². The maximum atomic E-state index is 12.9. The average Bonchev–Trinajstić information content (AvgIpc) is 2.74. The molecule has 0 fully saturated rings. The van der Waals surface area contributed by atoms with Crippen molar-refractivity contribution >= 4 is 50.5 Å². The van der Waals surface area contributed by atoms with Gasteiger partial charge in [0.2, 0.25) is 5.43 Å². The van der Waals surface area contributed by atoms with Gasteiger partial charge in [0.15, 0.2) is 0 Å². The Bertz CT molecular complexity index is 1130. The predicted octanol–water partition coefficient (Wildman–Crippen LogP) is 3.44. The van der Waals surface area contributed by atoms with Crippen LogP contribution in [0.5, 0.6) is 0 Å². The van der Waals surface area contributed by atoms with Crippen molar-refractivity contribution < 1.29 is 14.3 Å². The molecule has 2 aromatic carbocycles. The van der Waals surface area contributed by atoms with Crippen molar-refractivity contribution in [1.82, 2.24) is 9.88 Å². The summed E-state index contributed by atoms with van der Waals surface area (Å²) in [5.74, 6) is -1.20. The maximum Gasteiger partial charge on any atom is 0.325 e. The second-order valence-corrected chi connectivity index (χ2v) is 8.06. The molecule has 0 saturated heterocycles. The summed E-state index contributed by atoms with van der Waals surface area (Å²) < 4.78 is 7.14. The van der Waals surface area contributed by atoms with Crippen LogP contribution >= 0.6 is 27.7 Å². The van der Waals surface area contributed by atoms with E-state index >= 15 is 0 Å². The number of fused-ring (bicyclic) bond motifs is 1. The number of halogens is 1. The summed E-state index contributed by atoms with van der Waals surface area (Å²) in [7, 11) is 1.23. The molecule has 0 spiro atoms. The molecule has 3 aromatic rings. The first-order valence-electron chi connectivity index (χ1n) is 8.73. The topological polar surface area (TPSA) is 77.4 Å². The molecule has 0 aliphatic carbocycles. The fourth-order valence-electron chi connectivity index (χ4n) is 2.91. The first-order chi connectivity index (χ1) is 13.9. The van der Waals surface area contributed by atoms with Crippen LogP contribution in [0.1, 0.15) is 15.9 Å². The molecule has 29 heavy (non-hydrogen) atoms. The van der Waals surface area contributed by atoms with Gasteiger partial charge in [0.05, 0.1) is 12.6 Å². The Hall–Kier alpha value is -2.58. The average molecular weight is 475 g/mol. The van der Waals surface area contributed by atoms with Crippen molar-refractivity contribution in [2.75, 3.05) is 19.9 Å². The zero-order chi connectivity index (χ0) is 21.0. The van der Waals surface area contributed by atoms with Crippen LogP contribution in [-0.4, -0.2) is 36.4 Å². The van der Waals surface area contributed by atoms with Crippen LogP contribution in [-0.2, 0) is 16.1 Å². The normalized spacial score (nSPS) is 10.7. The number of thioether (sulfide) groups is 1. The summed E-state index contributed by atoms with van der Waals surface area (Å²) in [4.78, 5) is 37.9. The number of ether oxygens (including phenoxy) is 1. The third kappa shape index (κ3) is 4.89. The number of carbonyl (C=O) groups excluding carboxylic acids is 2. The molecule has 1 N–H and O–H groups in total. The molecule has 150 valence electrons. The molecule has 1 heterocycles. The minimum Gasteiger partial charge on any atom is -0.468 e. The van der Waals surface area contributed by atoms with Crippen molar-refractivity contribution in [2.45, 2.75) is 11.4 Å². The van der Waals surface area contributed by atoms with Gasteiger partial charge in [-0.2, -0.15) is 0 Å². The highest BCUT2D eigenvalue weighted by Crippen LogP contribution is 2.20. The van der Waals surface area contributed by atoms with Gasteiger partial charge in [0, 0.05) is 27.5 Å². The molecule has 0 radical (unpaired) electrons. The van der Waals surface area contributed by atoms with E-state index in [1.807, 2.05) is 47.2 Å². The van der Waals surface area contributed by atoms with E-state index in [2.05, 4.69) is 26.0 Å². The van der Waals surface area contributed by atoms with Crippen molar-refractivity contribution in [1.29, 1.82) is 0 Å². The maximum absolute atomic E-state index is 12.9. The van der Waals surface area contributed by atoms with E-state index in [4.69, 9.17) is 0 Å². The van der Waals surface area contributed by atoms with Gasteiger partial charge in [0.1, 0.15) is 12.1 Å². The molecule has 0 aliphatic rings. The Balaban J connectivity index is 2.05. The highest BCUT2D eigenvalue weighted by molar-refractivity contribution is 9.10. The number of nitrogens with zero attached hydrogens (tertiary/aromatic N) is 1. The lowest BCUT2D eigenvalue weighted by atomic mass is 10.1. The van der Waals surface area contributed by atoms with E-state index in [0.29, 0.717) is 11.9 Å². The Morgan fingerprint density at radius 1 is 1.17 bits per heavy atom. The second kappa shape index (κ2) is 9.28. The Labute approximate surface area is 180 Å². The summed E-state index contributed by atoms with van der Waals surface area (Å²) in [6, 6.07) is 13.5. The molecule has 1 aromatic heterocycles. The number of hydrogen-bond donors (Lipinski definition) is 1. The number of amides is 1. The number of methoxy groups -OCH3 is 1. The number of hydrogen-bond acceptors (Lipinski definition) is 5. The first-order valence-corrected chi connectivity index (χ1v) is 10.8. The molecule has 0 unspecified atom stereocenters. The minimum absolute atomic E-state index is 0.0276. The molecule has 6 nitrogen and oxygen atoms in total. The predicted molar refractivity (Wildman–Crippen MR) is 118 cm³/mol. The van der Waals surface area contributed by atoms with Crippen molar-refractivity contribution in [3.63, 3.8) is 0 Å². The number of pyridine rings is 1. The van der Waals surface area contributed by atoms with E-state index < -0.39 is 17.3 Å². The zero-order valence-electron chi connectivity index (χ0n) is 15.9. The Morgan fingerprint density at radius 2 is 1.90 bits per heavy atom. The Morgan fingerprint density at radius 3 is 2.55 bits per heavy atom. The van der Waals surface area contributed by atoms with Crippen LogP contribution in [0.25, 0.3) is 10.9 Å². The van der Waals surface area contributed by atoms with Crippen LogP contribution in [0.15, 0.2) is 62.8 Å². The van der Waals surface area contributed by atoms with Gasteiger partial charge in [0.25, 0.3) is 5.91 Å². The number of esters is 1. The van der Waals surface area contributed by atoms with Gasteiger partial charge in [-0.15, -0.1) is 11.8 Å². The summed E-state index contributed by atoms with van der Waals surface area (Å²) in [5, 5.41) is 2.86. The molecule has 3 rings (SSSR count). The SMILES string of the molecule is COC(=O)CNC(=O)c1cn(Cc2ccc(SC)cc2)c2ccc(Br)cc2c1=O. The fourth-order valence-corrected chi connectivity index (χ4v) is 3.68. The van der Waals surface area contributed by atoms with Gasteiger partial charge in [-0.1, -0.05) is 28.1 Å². The highest BCUT2D eigenvalue weighted by atomic mass is 79.9. The number of carbonyl (C=O) groups is 2. The van der Waals surface area contributed by atoms with E-state index in [-0.39, 0.29) is 12.1 Å². The lowest BCUT2D eigenvalue weighted by Crippen LogP contribution is -2.34. The zero-order valence-corrected chi connectivity index (χ0v) is 18.3. The Kier molecular flexibility index (Phi) is 6.76. The van der Waals surface area contributed by atoms with Gasteiger partial charge >= 0.3 is 5.97 Å². The molecular weight excluding hydrogens is 456 g/mol. The molecule has 0 atom stereocenters. The molecule has 8 heteroatoms. The number of benzene rings is 2. The van der Waals surface area contributed by atoms with E-state index in [9.17, 15) is 14.4 Å². The number of nitrogens with one attached hydrogen (secondary N) is 1. The van der Waals surface area contributed by atoms with Gasteiger partial charge in [-0.05, 0) is 42.2 Å². The van der Waals surface area contributed by atoms with E-state index in [0.717, 1.165) is 20.4 Å². The summed E-state index contributed by atoms with van der Waals surface area (Å²) in [6.07, 6.45) is 3.55. The van der Waals surface area contributed by atoms with Crippen molar-refractivity contribution in [3.05, 3.63) is 74.5 Å². The minimum atomic E-state index is -0.617. The van der Waals surface area contributed by atoms with Crippen LogP contribution in [0, 0.1) is 0 Å². The van der Waals surface area contributed by atoms with E-state index in [1.54, 1.807) is 17.8 Å². The first kappa shape index (κ1) is 21.1.